The second-order valence-corrected chi connectivity index (χ2v) is 3.37. The number of carbonyl (C=O) groups is 1. The molecule has 0 saturated heterocycles. The van der Waals surface area contributed by atoms with E-state index in [1.54, 1.807) is 17.2 Å². The Morgan fingerprint density at radius 2 is 2.60 bits per heavy atom. The molecule has 2 nitrogen and oxygen atoms in total. The summed E-state index contributed by atoms with van der Waals surface area (Å²) in [6, 6.07) is 0. The van der Waals surface area contributed by atoms with E-state index in [1.807, 2.05) is 0 Å². The van der Waals surface area contributed by atoms with E-state index >= 15 is 0 Å². The zero-order valence-electron chi connectivity index (χ0n) is 5.83. The molecule has 0 spiro atoms. The molecule has 0 radical (unpaired) electrons. The Morgan fingerprint density at radius 3 is 2.90 bits per heavy atom. The first kappa shape index (κ1) is 7.66. The minimum atomic E-state index is -0.753. The van der Waals surface area contributed by atoms with E-state index in [-0.39, 0.29) is 5.25 Å². The lowest BCUT2D eigenvalue weighted by atomic mass is 10.1. The minimum absolute atomic E-state index is 0.266. The van der Waals surface area contributed by atoms with Crippen LogP contribution in [0.2, 0.25) is 0 Å². The van der Waals surface area contributed by atoms with E-state index < -0.39 is 5.97 Å². The number of hydrogen-bond donors (Lipinski definition) is 1. The highest BCUT2D eigenvalue weighted by Crippen LogP contribution is 2.35. The van der Waals surface area contributed by atoms with Gasteiger partial charge >= 0.3 is 5.97 Å². The average Bonchev–Trinajstić information content (AvgIpc) is 1.78. The van der Waals surface area contributed by atoms with Gasteiger partial charge in [0.05, 0.1) is 5.57 Å². The number of carboxylic acids is 1. The number of thioether (sulfide) groups is 1. The zero-order chi connectivity index (χ0) is 7.56. The molecule has 0 bridgehead atoms. The first-order valence-corrected chi connectivity index (χ1v) is 4.28. The van der Waals surface area contributed by atoms with Crippen LogP contribution in [0.5, 0.6) is 0 Å². The number of carboxylic acid groups (broad SMARTS) is 1. The van der Waals surface area contributed by atoms with Crippen LogP contribution in [0.4, 0.5) is 0 Å². The smallest absolute Gasteiger partial charge is 0.333 e. The van der Waals surface area contributed by atoms with E-state index in [2.05, 4.69) is 6.92 Å². The minimum Gasteiger partial charge on any atom is -0.478 e. The molecule has 0 aliphatic carbocycles. The van der Waals surface area contributed by atoms with Gasteiger partial charge in [0.25, 0.3) is 0 Å². The lowest BCUT2D eigenvalue weighted by Gasteiger charge is -2.22. The second-order valence-electron chi connectivity index (χ2n) is 2.29. The summed E-state index contributed by atoms with van der Waals surface area (Å²) in [6.45, 7) is 2.07. The molecule has 0 saturated carbocycles. The van der Waals surface area contributed by atoms with E-state index in [1.165, 1.54) is 0 Å². The largest absolute Gasteiger partial charge is 0.478 e. The first-order valence-electron chi connectivity index (χ1n) is 3.34. The standard InChI is InChI=1S/C7H10O2S/c1-2-3-6-5(4-10-6)7(8)9/h4,6H,2-3H2,1H3,(H,8,9). The van der Waals surface area contributed by atoms with Crippen LogP contribution in [-0.4, -0.2) is 16.3 Å². The Hall–Kier alpha value is -0.440. The number of rotatable bonds is 3. The summed E-state index contributed by atoms with van der Waals surface area (Å²) in [7, 11) is 0. The molecule has 1 atom stereocenters. The van der Waals surface area contributed by atoms with Crippen molar-refractivity contribution in [2.24, 2.45) is 0 Å². The van der Waals surface area contributed by atoms with Crippen LogP contribution in [0.15, 0.2) is 11.0 Å². The summed E-state index contributed by atoms with van der Waals surface area (Å²) in [5.74, 6) is -0.753. The maximum atomic E-state index is 10.4. The maximum absolute atomic E-state index is 10.4. The summed E-state index contributed by atoms with van der Waals surface area (Å²) in [5, 5.41) is 10.5. The van der Waals surface area contributed by atoms with Gasteiger partial charge in [-0.2, -0.15) is 0 Å². The van der Waals surface area contributed by atoms with Gasteiger partial charge in [-0.25, -0.2) is 4.79 Å². The maximum Gasteiger partial charge on any atom is 0.333 e. The van der Waals surface area contributed by atoms with Crippen molar-refractivity contribution in [2.75, 3.05) is 0 Å². The third-order valence-corrected chi connectivity index (χ3v) is 2.71. The van der Waals surface area contributed by atoms with Crippen LogP contribution in [-0.2, 0) is 4.79 Å². The Kier molecular flexibility index (Phi) is 2.38. The Bertz CT molecular complexity index is 174. The molecule has 1 heterocycles. The fourth-order valence-corrected chi connectivity index (χ4v) is 1.94. The van der Waals surface area contributed by atoms with E-state index in [4.69, 9.17) is 5.11 Å². The molecule has 0 aromatic heterocycles. The van der Waals surface area contributed by atoms with Gasteiger partial charge in [0.1, 0.15) is 0 Å². The first-order chi connectivity index (χ1) is 4.75. The third-order valence-electron chi connectivity index (χ3n) is 1.50. The quantitative estimate of drug-likeness (QED) is 0.681. The lowest BCUT2D eigenvalue weighted by Crippen LogP contribution is -2.19. The van der Waals surface area contributed by atoms with Gasteiger partial charge < -0.3 is 5.11 Å². The highest BCUT2D eigenvalue weighted by molar-refractivity contribution is 8.04. The van der Waals surface area contributed by atoms with Gasteiger partial charge in [0, 0.05) is 5.25 Å². The Labute approximate surface area is 64.3 Å². The monoisotopic (exact) mass is 158 g/mol. The van der Waals surface area contributed by atoms with Crippen molar-refractivity contribution in [1.82, 2.24) is 0 Å². The fraction of sp³-hybridized carbons (Fsp3) is 0.571. The Morgan fingerprint density at radius 1 is 1.90 bits per heavy atom. The van der Waals surface area contributed by atoms with Gasteiger partial charge in [-0.1, -0.05) is 13.3 Å². The topological polar surface area (TPSA) is 37.3 Å². The molecular weight excluding hydrogens is 148 g/mol. The molecular formula is C7H10O2S. The van der Waals surface area contributed by atoms with Crippen LogP contribution in [0, 0.1) is 0 Å². The van der Waals surface area contributed by atoms with Gasteiger partial charge in [0.15, 0.2) is 0 Å². The molecule has 1 aliphatic rings. The summed E-state index contributed by atoms with van der Waals surface area (Å²) < 4.78 is 0. The molecule has 0 aromatic carbocycles. The predicted molar refractivity (Wildman–Crippen MR) is 42.0 cm³/mol. The van der Waals surface area contributed by atoms with Gasteiger partial charge in [-0.05, 0) is 11.8 Å². The summed E-state index contributed by atoms with van der Waals surface area (Å²) in [6.07, 6.45) is 2.05. The van der Waals surface area contributed by atoms with Crippen LogP contribution < -0.4 is 0 Å². The van der Waals surface area contributed by atoms with Gasteiger partial charge in [0.2, 0.25) is 0 Å². The molecule has 0 fully saturated rings. The van der Waals surface area contributed by atoms with Crippen LogP contribution in [0.3, 0.4) is 0 Å². The highest BCUT2D eigenvalue weighted by Gasteiger charge is 2.26. The highest BCUT2D eigenvalue weighted by atomic mass is 32.2. The van der Waals surface area contributed by atoms with Crippen molar-refractivity contribution in [3.8, 4) is 0 Å². The predicted octanol–water partition coefficient (Wildman–Crippen LogP) is 1.87. The summed E-state index contributed by atoms with van der Waals surface area (Å²) >= 11 is 1.62. The molecule has 10 heavy (non-hydrogen) atoms. The van der Waals surface area contributed by atoms with Crippen LogP contribution >= 0.6 is 11.8 Å². The summed E-state index contributed by atoms with van der Waals surface area (Å²) in [5.41, 5.74) is 0.590. The summed E-state index contributed by atoms with van der Waals surface area (Å²) in [4.78, 5) is 10.4. The lowest BCUT2D eigenvalue weighted by molar-refractivity contribution is -0.132. The van der Waals surface area contributed by atoms with E-state index in [0.29, 0.717) is 5.57 Å². The van der Waals surface area contributed by atoms with Crippen molar-refractivity contribution in [2.45, 2.75) is 25.0 Å². The van der Waals surface area contributed by atoms with Crippen molar-refractivity contribution in [3.63, 3.8) is 0 Å². The van der Waals surface area contributed by atoms with E-state index in [9.17, 15) is 4.79 Å². The molecule has 1 unspecified atom stereocenters. The molecule has 0 aromatic rings. The van der Waals surface area contributed by atoms with Crippen molar-refractivity contribution in [1.29, 1.82) is 0 Å². The fourth-order valence-electron chi connectivity index (χ4n) is 0.906. The molecule has 56 valence electrons. The van der Waals surface area contributed by atoms with Crippen LogP contribution in [0.1, 0.15) is 19.8 Å². The third kappa shape index (κ3) is 1.34. The van der Waals surface area contributed by atoms with Crippen LogP contribution in [0.25, 0.3) is 0 Å². The zero-order valence-corrected chi connectivity index (χ0v) is 6.65. The number of aliphatic carboxylic acids is 1. The molecule has 1 rings (SSSR count). The normalized spacial score (nSPS) is 23.3. The molecule has 0 amide bonds. The average molecular weight is 158 g/mol. The SMILES string of the molecule is CCCC1SC=C1C(=O)O. The molecule has 1 aliphatic heterocycles. The molecule has 1 N–H and O–H groups in total. The van der Waals surface area contributed by atoms with Crippen molar-refractivity contribution in [3.05, 3.63) is 11.0 Å². The van der Waals surface area contributed by atoms with Gasteiger partial charge in [-0.15, -0.1) is 11.8 Å². The molecule has 3 heteroatoms. The van der Waals surface area contributed by atoms with E-state index in [0.717, 1.165) is 12.8 Å². The van der Waals surface area contributed by atoms with Gasteiger partial charge in [-0.3, -0.25) is 0 Å². The number of hydrogen-bond acceptors (Lipinski definition) is 2. The van der Waals surface area contributed by atoms with Crippen molar-refractivity contribution < 1.29 is 9.90 Å². The Balaban J connectivity index is 2.42. The van der Waals surface area contributed by atoms with Crippen molar-refractivity contribution >= 4 is 17.7 Å². The second kappa shape index (κ2) is 3.10.